The van der Waals surface area contributed by atoms with E-state index in [4.69, 9.17) is 21.1 Å². The second kappa shape index (κ2) is 17.9. The number of benzene rings is 4. The minimum absolute atomic E-state index is 0.0391. The van der Waals surface area contributed by atoms with Crippen LogP contribution in [-0.2, 0) is 22.6 Å². The van der Waals surface area contributed by atoms with Crippen molar-refractivity contribution in [3.8, 4) is 0 Å². The number of nitrogens with zero attached hydrogens (tertiary/aromatic N) is 4. The molecule has 1 aliphatic rings. The van der Waals surface area contributed by atoms with Gasteiger partial charge in [0.1, 0.15) is 11.2 Å². The summed E-state index contributed by atoms with van der Waals surface area (Å²) in [4.78, 5) is 50.5. The maximum Gasteiger partial charge on any atom is 0.433 e. The molecule has 314 valence electrons. The Hall–Kier alpha value is -6.27. The topological polar surface area (TPSA) is 127 Å². The molecule has 12 nitrogen and oxygen atoms in total. The van der Waals surface area contributed by atoms with E-state index in [1.165, 1.54) is 16.1 Å². The van der Waals surface area contributed by atoms with Crippen molar-refractivity contribution < 1.29 is 19.1 Å². The number of pyridine rings is 2. The summed E-state index contributed by atoms with van der Waals surface area (Å²) in [6.45, 7) is 16.0. The van der Waals surface area contributed by atoms with E-state index in [-0.39, 0.29) is 11.1 Å². The van der Waals surface area contributed by atoms with Gasteiger partial charge in [-0.25, -0.2) is 9.59 Å². The molecule has 0 spiro atoms. The van der Waals surface area contributed by atoms with E-state index in [9.17, 15) is 19.2 Å². The van der Waals surface area contributed by atoms with Crippen LogP contribution >= 0.6 is 11.6 Å². The first kappa shape index (κ1) is 43.3. The molecule has 2 amide bonds. The Balaban J connectivity index is 0.000000202. The number of hydrogen-bond acceptors (Lipinski definition) is 8. The number of aromatic nitrogens is 2. The third-order valence-electron chi connectivity index (χ3n) is 9.52. The molecule has 2 heterocycles. The average Bonchev–Trinajstić information content (AvgIpc) is 4.04. The summed E-state index contributed by atoms with van der Waals surface area (Å²) in [7, 11) is 0. The zero-order chi connectivity index (χ0) is 43.4. The number of aryl methyl sites for hydroxylation is 2. The molecule has 0 aliphatic heterocycles. The molecule has 1 fully saturated rings. The molecule has 2 aromatic heterocycles. The first-order chi connectivity index (χ1) is 28.5. The van der Waals surface area contributed by atoms with Crippen LogP contribution in [-0.4, -0.2) is 32.5 Å². The summed E-state index contributed by atoms with van der Waals surface area (Å²) in [5.41, 5.74) is 10.4. The summed E-state index contributed by atoms with van der Waals surface area (Å²) in [6.07, 6.45) is 1.19. The van der Waals surface area contributed by atoms with Crippen LogP contribution in [0, 0.1) is 0 Å². The number of hydrogen-bond donors (Lipinski definition) is 2. The van der Waals surface area contributed by atoms with Gasteiger partial charge in [-0.2, -0.15) is 10.0 Å². The van der Waals surface area contributed by atoms with Crippen molar-refractivity contribution in [3.63, 3.8) is 0 Å². The lowest BCUT2D eigenvalue weighted by Gasteiger charge is -2.28. The van der Waals surface area contributed by atoms with Crippen LogP contribution in [0.25, 0.3) is 21.8 Å². The van der Waals surface area contributed by atoms with Gasteiger partial charge in [0.15, 0.2) is 0 Å². The summed E-state index contributed by atoms with van der Waals surface area (Å²) >= 11 is 6.32. The van der Waals surface area contributed by atoms with E-state index in [0.29, 0.717) is 41.1 Å². The van der Waals surface area contributed by atoms with E-state index >= 15 is 0 Å². The third-order valence-corrected chi connectivity index (χ3v) is 9.83. The molecule has 0 radical (unpaired) electrons. The van der Waals surface area contributed by atoms with Crippen LogP contribution in [0.2, 0.25) is 5.02 Å². The van der Waals surface area contributed by atoms with Gasteiger partial charge in [-0.1, -0.05) is 48.0 Å². The highest BCUT2D eigenvalue weighted by molar-refractivity contribution is 6.35. The highest BCUT2D eigenvalue weighted by Gasteiger charge is 2.28. The van der Waals surface area contributed by atoms with Gasteiger partial charge < -0.3 is 18.6 Å². The maximum absolute atomic E-state index is 13.0. The normalized spacial score (nSPS) is 12.6. The highest BCUT2D eigenvalue weighted by atomic mass is 35.5. The Morgan fingerprint density at radius 1 is 0.633 bits per heavy atom. The molecular weight excluding hydrogens is 780 g/mol. The average molecular weight is 833 g/mol. The van der Waals surface area contributed by atoms with Crippen molar-refractivity contribution in [1.29, 1.82) is 0 Å². The lowest BCUT2D eigenvalue weighted by atomic mass is 10.0. The first-order valence-corrected chi connectivity index (χ1v) is 20.5. The van der Waals surface area contributed by atoms with Crippen LogP contribution in [0.1, 0.15) is 79.7 Å². The maximum atomic E-state index is 13.0. The van der Waals surface area contributed by atoms with E-state index in [1.807, 2.05) is 134 Å². The van der Waals surface area contributed by atoms with Gasteiger partial charge in [-0.05, 0) is 140 Å². The zero-order valence-corrected chi connectivity index (χ0v) is 36.2. The summed E-state index contributed by atoms with van der Waals surface area (Å²) in [5.74, 6) is 0.438. The standard InChI is InChI=1S/C25H29N3O3.C22H24ClN3O3/c1-5-27-22-14-13-18(15-21(22)20(16-23(27)29)17-11-12-17)26-28(19-9-7-6-8-10-19)24(30)31-25(2,3)4;1-5-25-19-12-11-15(13-17(19)18(23)14-20(25)27)24-26(16-9-7-6-8-10-16)21(28)29-22(2,3)4/h6-10,13-17,26H,5,11-12H2,1-4H3;6-14,24H,5H2,1-4H3. The molecule has 0 unspecified atom stereocenters. The number of carbonyl (C=O) groups is 2. The van der Waals surface area contributed by atoms with Crippen molar-refractivity contribution in [1.82, 2.24) is 9.13 Å². The minimum Gasteiger partial charge on any atom is -0.442 e. The number of anilines is 4. The Morgan fingerprint density at radius 2 is 1.05 bits per heavy atom. The summed E-state index contributed by atoms with van der Waals surface area (Å²) in [5, 5.41) is 4.89. The molecule has 13 heteroatoms. The Bertz CT molecular complexity index is 2610. The van der Waals surface area contributed by atoms with Crippen molar-refractivity contribution in [3.05, 3.63) is 140 Å². The van der Waals surface area contributed by atoms with Gasteiger partial charge in [0.05, 0.1) is 38.8 Å². The van der Waals surface area contributed by atoms with Gasteiger partial charge in [0, 0.05) is 36.0 Å². The van der Waals surface area contributed by atoms with Crippen molar-refractivity contribution >= 4 is 68.3 Å². The number of hydrazine groups is 2. The number of carbonyl (C=O) groups excluding carboxylic acids is 2. The quantitative estimate of drug-likeness (QED) is 0.138. The molecule has 0 atom stereocenters. The van der Waals surface area contributed by atoms with E-state index in [0.717, 1.165) is 45.9 Å². The second-order valence-corrected chi connectivity index (χ2v) is 16.9. The number of amides is 2. The number of para-hydroxylation sites is 2. The monoisotopic (exact) mass is 832 g/mol. The van der Waals surface area contributed by atoms with Gasteiger partial charge in [0.25, 0.3) is 11.1 Å². The molecule has 6 aromatic rings. The summed E-state index contributed by atoms with van der Waals surface area (Å²) in [6, 6.07) is 33.0. The van der Waals surface area contributed by atoms with Crippen molar-refractivity contribution in [2.75, 3.05) is 20.9 Å². The molecule has 0 saturated heterocycles. The SMILES string of the molecule is CCn1c(=O)cc(C2CC2)c2cc(NN(C(=O)OC(C)(C)C)c3ccccc3)ccc21.CCn1c(=O)cc(Cl)c2cc(NN(C(=O)OC(C)(C)C)c3ccccc3)ccc21. The predicted molar refractivity (Wildman–Crippen MR) is 242 cm³/mol. The van der Waals surface area contributed by atoms with Crippen LogP contribution in [0.3, 0.4) is 0 Å². The zero-order valence-electron chi connectivity index (χ0n) is 35.4. The van der Waals surface area contributed by atoms with Gasteiger partial charge in [-0.15, -0.1) is 0 Å². The molecule has 0 bridgehead atoms. The predicted octanol–water partition coefficient (Wildman–Crippen LogP) is 11.1. The lowest BCUT2D eigenvalue weighted by Crippen LogP contribution is -2.40. The highest BCUT2D eigenvalue weighted by Crippen LogP contribution is 2.43. The fourth-order valence-corrected chi connectivity index (χ4v) is 6.98. The Kier molecular flexibility index (Phi) is 12.9. The van der Waals surface area contributed by atoms with E-state index in [1.54, 1.807) is 33.4 Å². The number of nitrogens with one attached hydrogen (secondary N) is 2. The smallest absolute Gasteiger partial charge is 0.433 e. The number of ether oxygens (including phenoxy) is 2. The molecule has 1 aliphatic carbocycles. The number of fused-ring (bicyclic) bond motifs is 2. The first-order valence-electron chi connectivity index (χ1n) is 20.2. The molecule has 2 N–H and O–H groups in total. The largest absolute Gasteiger partial charge is 0.442 e. The van der Waals surface area contributed by atoms with Crippen LogP contribution in [0.5, 0.6) is 0 Å². The number of halogens is 1. The van der Waals surface area contributed by atoms with Gasteiger partial charge in [0.2, 0.25) is 0 Å². The molecule has 1 saturated carbocycles. The number of rotatable bonds is 9. The van der Waals surface area contributed by atoms with Crippen LogP contribution in [0.4, 0.5) is 32.3 Å². The fourth-order valence-electron chi connectivity index (χ4n) is 6.74. The lowest BCUT2D eigenvalue weighted by molar-refractivity contribution is 0.0578. The van der Waals surface area contributed by atoms with E-state index < -0.39 is 23.4 Å². The molecule has 4 aromatic carbocycles. The van der Waals surface area contributed by atoms with Crippen molar-refractivity contribution in [2.24, 2.45) is 0 Å². The van der Waals surface area contributed by atoms with E-state index in [2.05, 4.69) is 10.9 Å². The fraction of sp³-hybridized carbons (Fsp3) is 0.319. The van der Waals surface area contributed by atoms with Crippen molar-refractivity contribution in [2.45, 2.75) is 98.4 Å². The Labute approximate surface area is 355 Å². The second-order valence-electron chi connectivity index (χ2n) is 16.5. The molecular formula is C47H53ClN6O6. The van der Waals surface area contributed by atoms with Gasteiger partial charge >= 0.3 is 12.2 Å². The third kappa shape index (κ3) is 10.5. The van der Waals surface area contributed by atoms with Gasteiger partial charge in [-0.3, -0.25) is 20.4 Å². The van der Waals surface area contributed by atoms with Crippen LogP contribution < -0.4 is 32.0 Å². The minimum atomic E-state index is -0.643. The summed E-state index contributed by atoms with van der Waals surface area (Å²) < 4.78 is 14.6. The molecule has 60 heavy (non-hydrogen) atoms. The molecule has 7 rings (SSSR count). The Morgan fingerprint density at radius 3 is 1.47 bits per heavy atom. The van der Waals surface area contributed by atoms with Crippen LogP contribution in [0.15, 0.2) is 119 Å².